The van der Waals surface area contributed by atoms with Crippen molar-refractivity contribution in [1.82, 2.24) is 31.9 Å². The zero-order valence-corrected chi connectivity index (χ0v) is 26.9. The lowest BCUT2D eigenvalue weighted by atomic mass is 10.0. The van der Waals surface area contributed by atoms with Crippen molar-refractivity contribution in [3.63, 3.8) is 0 Å². The third-order valence-corrected chi connectivity index (χ3v) is 6.75. The number of rotatable bonds is 22. The predicted octanol–water partition coefficient (Wildman–Crippen LogP) is -2.76. The maximum Gasteiger partial charge on any atom is 0.245 e. The molecule has 1 rings (SSSR count). The number of nitrogens with two attached hydrogens (primary N) is 2. The van der Waals surface area contributed by atoms with Gasteiger partial charge in [-0.25, -0.2) is 0 Å². The minimum absolute atomic E-state index is 0.0401. The fourth-order valence-corrected chi connectivity index (χ4v) is 4.28. The van der Waals surface area contributed by atoms with Crippen molar-refractivity contribution >= 4 is 41.4 Å². The van der Waals surface area contributed by atoms with Crippen LogP contribution < -0.4 is 43.4 Å². The van der Waals surface area contributed by atoms with Gasteiger partial charge in [-0.05, 0) is 49.8 Å². The molecule has 0 saturated carbocycles. The van der Waals surface area contributed by atoms with Gasteiger partial charge in [0.15, 0.2) is 0 Å². The van der Waals surface area contributed by atoms with Crippen LogP contribution in [0.25, 0.3) is 0 Å². The number of carbonyl (C=O) groups excluding carboxylic acids is 7. The van der Waals surface area contributed by atoms with E-state index in [1.807, 2.05) is 13.8 Å². The van der Waals surface area contributed by atoms with E-state index in [0.29, 0.717) is 19.4 Å². The minimum atomic E-state index is -1.49. The molecule has 0 radical (unpaired) electrons. The normalized spacial score (nSPS) is 13.2. The van der Waals surface area contributed by atoms with Gasteiger partial charge in [0.25, 0.3) is 0 Å². The first-order valence-corrected chi connectivity index (χ1v) is 15.3. The Morgan fingerprint density at radius 3 is 1.94 bits per heavy atom. The van der Waals surface area contributed by atoms with Crippen LogP contribution in [0.1, 0.15) is 45.1 Å². The Balaban J connectivity index is 3.05. The number of nitrogens with one attached hydrogen (secondary N) is 6. The third-order valence-electron chi connectivity index (χ3n) is 6.75. The van der Waals surface area contributed by atoms with E-state index in [-0.39, 0.29) is 25.2 Å². The smallest absolute Gasteiger partial charge is 0.245 e. The zero-order chi connectivity index (χ0) is 35.4. The second kappa shape index (κ2) is 21.8. The molecule has 1 aromatic carbocycles. The molecule has 0 aliphatic rings. The minimum Gasteiger partial charge on any atom is -0.394 e. The molecule has 0 spiro atoms. The summed E-state index contributed by atoms with van der Waals surface area (Å²) in [6, 6.07) is 4.05. The van der Waals surface area contributed by atoms with E-state index >= 15 is 0 Å². The molecule has 47 heavy (non-hydrogen) atoms. The van der Waals surface area contributed by atoms with Gasteiger partial charge in [-0.2, -0.15) is 0 Å². The second-order valence-electron chi connectivity index (χ2n) is 11.2. The van der Waals surface area contributed by atoms with Crippen molar-refractivity contribution < 1.29 is 38.7 Å². The lowest BCUT2D eigenvalue weighted by Gasteiger charge is -2.26. The zero-order valence-electron chi connectivity index (χ0n) is 26.9. The van der Waals surface area contributed by atoms with Crippen LogP contribution in [0.3, 0.4) is 0 Å². The summed E-state index contributed by atoms with van der Waals surface area (Å²) in [5, 5.41) is 24.4. The SMILES string of the molecule is C=CC(=O)NCC(=O)NCC(=O)N[C@@H](CO)C(=O)N[C@@H](CCCCN)C(=O)N[C@@H](Cc1ccccc1)C(=O)N[C@@H](CC(C)C)C(N)=O. The fraction of sp³-hybridized carbons (Fsp3) is 0.516. The van der Waals surface area contributed by atoms with Crippen LogP contribution in [0.4, 0.5) is 0 Å². The quantitative estimate of drug-likeness (QED) is 0.0460. The molecule has 16 nitrogen and oxygen atoms in total. The van der Waals surface area contributed by atoms with E-state index in [9.17, 15) is 38.7 Å². The summed E-state index contributed by atoms with van der Waals surface area (Å²) >= 11 is 0. The monoisotopic (exact) mass is 660 g/mol. The average Bonchev–Trinajstić information content (AvgIpc) is 3.03. The molecule has 0 saturated heterocycles. The predicted molar refractivity (Wildman–Crippen MR) is 173 cm³/mol. The van der Waals surface area contributed by atoms with Crippen LogP contribution in [0, 0.1) is 5.92 Å². The van der Waals surface area contributed by atoms with Gasteiger partial charge in [0.1, 0.15) is 24.2 Å². The molecule has 7 amide bonds. The van der Waals surface area contributed by atoms with Crippen molar-refractivity contribution in [1.29, 1.82) is 0 Å². The van der Waals surface area contributed by atoms with E-state index < -0.39 is 85.2 Å². The standard InChI is InChI=1S/C31H48N8O8/c1-4-25(41)34-16-26(42)35-17-27(43)36-24(18-40)31(47)37-21(12-8-9-13-32)29(45)39-23(15-20-10-6-5-7-11-20)30(46)38-22(28(33)44)14-19(2)3/h4-7,10-11,19,21-24,40H,1,8-9,12-18,32H2,2-3H3,(H2,33,44)(H,34,41)(H,35,42)(H,36,43)(H,37,47)(H,38,46)(H,39,45)/t21-,22-,23-,24-/m0/s1. The van der Waals surface area contributed by atoms with Crippen molar-refractivity contribution in [3.05, 3.63) is 48.6 Å². The molecule has 0 bridgehead atoms. The van der Waals surface area contributed by atoms with Crippen LogP contribution in [-0.4, -0.2) is 96.9 Å². The molecule has 0 fully saturated rings. The molecule has 16 heteroatoms. The maximum atomic E-state index is 13.6. The lowest BCUT2D eigenvalue weighted by molar-refractivity contribution is -0.135. The Bertz CT molecular complexity index is 1230. The van der Waals surface area contributed by atoms with Gasteiger partial charge in [-0.3, -0.25) is 33.6 Å². The van der Waals surface area contributed by atoms with E-state index in [1.165, 1.54) is 0 Å². The van der Waals surface area contributed by atoms with Gasteiger partial charge < -0.3 is 48.5 Å². The first-order valence-electron chi connectivity index (χ1n) is 15.3. The molecule has 0 heterocycles. The molecule has 4 atom stereocenters. The van der Waals surface area contributed by atoms with Gasteiger partial charge >= 0.3 is 0 Å². The number of unbranched alkanes of at least 4 members (excludes halogenated alkanes) is 1. The van der Waals surface area contributed by atoms with E-state index in [4.69, 9.17) is 11.5 Å². The van der Waals surface area contributed by atoms with Crippen molar-refractivity contribution in [2.75, 3.05) is 26.2 Å². The van der Waals surface area contributed by atoms with Gasteiger partial charge in [0.05, 0.1) is 19.7 Å². The number of aliphatic hydroxyl groups is 1. The van der Waals surface area contributed by atoms with Crippen molar-refractivity contribution in [2.24, 2.45) is 17.4 Å². The van der Waals surface area contributed by atoms with E-state index in [1.54, 1.807) is 30.3 Å². The Hall–Kier alpha value is -4.83. The second-order valence-corrected chi connectivity index (χ2v) is 11.2. The number of benzene rings is 1. The lowest BCUT2D eigenvalue weighted by Crippen LogP contribution is -2.59. The highest BCUT2D eigenvalue weighted by molar-refractivity contribution is 5.96. The maximum absolute atomic E-state index is 13.6. The highest BCUT2D eigenvalue weighted by Gasteiger charge is 2.31. The highest BCUT2D eigenvalue weighted by Crippen LogP contribution is 2.09. The number of hydrogen-bond donors (Lipinski definition) is 9. The number of aliphatic hydroxyl groups excluding tert-OH is 1. The van der Waals surface area contributed by atoms with Crippen LogP contribution in [0.15, 0.2) is 43.0 Å². The summed E-state index contributed by atoms with van der Waals surface area (Å²) in [7, 11) is 0. The molecule has 0 aliphatic heterocycles. The summed E-state index contributed by atoms with van der Waals surface area (Å²) in [4.78, 5) is 87.4. The first-order chi connectivity index (χ1) is 22.3. The highest BCUT2D eigenvalue weighted by atomic mass is 16.3. The van der Waals surface area contributed by atoms with Crippen LogP contribution >= 0.6 is 0 Å². The summed E-state index contributed by atoms with van der Waals surface area (Å²) in [6.07, 6.45) is 2.38. The van der Waals surface area contributed by atoms with Crippen molar-refractivity contribution in [2.45, 2.75) is 70.1 Å². The molecule has 260 valence electrons. The van der Waals surface area contributed by atoms with Gasteiger partial charge in [-0.15, -0.1) is 0 Å². The Morgan fingerprint density at radius 2 is 1.36 bits per heavy atom. The number of hydrogen-bond acceptors (Lipinski definition) is 9. The van der Waals surface area contributed by atoms with Crippen LogP contribution in [0.2, 0.25) is 0 Å². The molecule has 0 aliphatic carbocycles. The largest absolute Gasteiger partial charge is 0.394 e. The number of amides is 7. The van der Waals surface area contributed by atoms with Crippen molar-refractivity contribution in [3.8, 4) is 0 Å². The summed E-state index contributed by atoms with van der Waals surface area (Å²) in [5.74, 6) is -5.03. The molecular formula is C31H48N8O8. The Kier molecular flexibility index (Phi) is 18.7. The van der Waals surface area contributed by atoms with Gasteiger partial charge in [0.2, 0.25) is 41.4 Å². The summed E-state index contributed by atoms with van der Waals surface area (Å²) in [6.45, 7) is 5.50. The van der Waals surface area contributed by atoms with Gasteiger partial charge in [-0.1, -0.05) is 50.8 Å². The van der Waals surface area contributed by atoms with Gasteiger partial charge in [0, 0.05) is 6.42 Å². The molecule has 0 unspecified atom stereocenters. The summed E-state index contributed by atoms with van der Waals surface area (Å²) < 4.78 is 0. The number of primary amides is 1. The Labute approximate surface area is 274 Å². The molecule has 11 N–H and O–H groups in total. The fourth-order valence-electron chi connectivity index (χ4n) is 4.28. The van der Waals surface area contributed by atoms with Crippen LogP contribution in [0.5, 0.6) is 0 Å². The summed E-state index contributed by atoms with van der Waals surface area (Å²) in [5.41, 5.74) is 11.8. The topological polar surface area (TPSA) is 264 Å². The van der Waals surface area contributed by atoms with Crippen LogP contribution in [-0.2, 0) is 40.0 Å². The first kappa shape index (κ1) is 40.2. The number of carbonyl (C=O) groups is 7. The molecule has 1 aromatic rings. The third kappa shape index (κ3) is 16.3. The average molecular weight is 661 g/mol. The van der Waals surface area contributed by atoms with E-state index in [2.05, 4.69) is 38.5 Å². The molecular weight excluding hydrogens is 612 g/mol. The van der Waals surface area contributed by atoms with E-state index in [0.717, 1.165) is 11.6 Å². The molecule has 0 aromatic heterocycles. The Morgan fingerprint density at radius 1 is 0.787 bits per heavy atom.